The second-order valence-corrected chi connectivity index (χ2v) is 9.68. The predicted octanol–water partition coefficient (Wildman–Crippen LogP) is 4.66. The maximum Gasteiger partial charge on any atom is 0.416 e. The van der Waals surface area contributed by atoms with Crippen LogP contribution < -0.4 is 14.4 Å². The molecule has 8 nitrogen and oxygen atoms in total. The first-order valence-electron chi connectivity index (χ1n) is 10.2. The molecule has 1 N–H and O–H groups in total. The molecule has 0 bridgehead atoms. The van der Waals surface area contributed by atoms with Gasteiger partial charge in [0.2, 0.25) is 0 Å². The Morgan fingerprint density at radius 3 is 2.50 bits per heavy atom. The van der Waals surface area contributed by atoms with Crippen LogP contribution in [0, 0.1) is 0 Å². The minimum absolute atomic E-state index is 0.0165. The number of anilines is 2. The van der Waals surface area contributed by atoms with Gasteiger partial charge in [-0.15, -0.1) is 0 Å². The lowest BCUT2D eigenvalue weighted by atomic mass is 10.1. The molecule has 4 rings (SSSR count). The highest BCUT2D eigenvalue weighted by atomic mass is 32.2. The summed E-state index contributed by atoms with van der Waals surface area (Å²) in [5, 5.41) is 6.27. The molecule has 0 atom stereocenters. The number of amides is 1. The highest BCUT2D eigenvalue weighted by Gasteiger charge is 2.34. The third-order valence-corrected chi connectivity index (χ3v) is 7.02. The summed E-state index contributed by atoms with van der Waals surface area (Å²) in [5.41, 5.74) is -0.430. The molecule has 0 saturated carbocycles. The van der Waals surface area contributed by atoms with Gasteiger partial charge in [0.1, 0.15) is 22.8 Å². The number of rotatable bonds is 4. The van der Waals surface area contributed by atoms with Gasteiger partial charge in [-0.05, 0) is 42.5 Å². The smallest absolute Gasteiger partial charge is 0.416 e. The van der Waals surface area contributed by atoms with Gasteiger partial charge in [0.25, 0.3) is 15.9 Å². The number of nitrogens with zero attached hydrogens (tertiary/aromatic N) is 2. The molecule has 180 valence electrons. The monoisotopic (exact) mass is 495 g/mol. The van der Waals surface area contributed by atoms with E-state index in [1.54, 1.807) is 0 Å². The molecule has 3 aromatic rings. The van der Waals surface area contributed by atoms with Crippen LogP contribution in [0.5, 0.6) is 5.75 Å². The molecule has 12 heteroatoms. The number of hydrogen-bond acceptors (Lipinski definition) is 6. The average molecular weight is 495 g/mol. The van der Waals surface area contributed by atoms with Crippen molar-refractivity contribution in [1.82, 2.24) is 5.16 Å². The standard InChI is InChI=1S/C22H20F3N3O5S/c1-13(2)20-17(12-26-33-20)21(29)27-15-5-8-18-19(11-15)34(30,31)28(9-10-32-18)16-6-3-14(4-7-16)22(23,24)25/h3-8,11-13H,9-10H2,1-2H3,(H,27,29). The fourth-order valence-corrected chi connectivity index (χ4v) is 5.11. The van der Waals surface area contributed by atoms with E-state index in [-0.39, 0.29) is 46.7 Å². The van der Waals surface area contributed by atoms with Gasteiger partial charge in [-0.25, -0.2) is 8.42 Å². The maximum atomic E-state index is 13.4. The number of fused-ring (bicyclic) bond motifs is 1. The van der Waals surface area contributed by atoms with Gasteiger partial charge in [-0.3, -0.25) is 9.10 Å². The summed E-state index contributed by atoms with van der Waals surface area (Å²) >= 11 is 0. The van der Waals surface area contributed by atoms with Crippen LogP contribution in [-0.4, -0.2) is 32.6 Å². The van der Waals surface area contributed by atoms with Crippen LogP contribution in [0.1, 0.15) is 41.4 Å². The van der Waals surface area contributed by atoms with Gasteiger partial charge >= 0.3 is 6.18 Å². The number of sulfonamides is 1. The minimum atomic E-state index is -4.54. The zero-order valence-corrected chi connectivity index (χ0v) is 18.9. The normalized spacial score (nSPS) is 15.4. The van der Waals surface area contributed by atoms with E-state index in [0.717, 1.165) is 28.6 Å². The van der Waals surface area contributed by atoms with Gasteiger partial charge in [0.05, 0.1) is 24.0 Å². The van der Waals surface area contributed by atoms with E-state index >= 15 is 0 Å². The van der Waals surface area contributed by atoms with Crippen molar-refractivity contribution in [2.75, 3.05) is 22.8 Å². The third kappa shape index (κ3) is 4.45. The quantitative estimate of drug-likeness (QED) is 0.565. The number of aromatic nitrogens is 1. The predicted molar refractivity (Wildman–Crippen MR) is 116 cm³/mol. The number of benzene rings is 2. The fourth-order valence-electron chi connectivity index (χ4n) is 3.50. The maximum absolute atomic E-state index is 13.4. The average Bonchev–Trinajstić information content (AvgIpc) is 3.23. The molecule has 1 aromatic heterocycles. The summed E-state index contributed by atoms with van der Waals surface area (Å²) in [5.74, 6) is -0.172. The molecule has 2 aromatic carbocycles. The van der Waals surface area contributed by atoms with Crippen molar-refractivity contribution in [2.45, 2.75) is 30.8 Å². The largest absolute Gasteiger partial charge is 0.490 e. The van der Waals surface area contributed by atoms with Crippen molar-refractivity contribution >= 4 is 27.3 Å². The lowest BCUT2D eigenvalue weighted by Crippen LogP contribution is -2.32. The Labute approximate surface area is 193 Å². The molecular weight excluding hydrogens is 475 g/mol. The highest BCUT2D eigenvalue weighted by molar-refractivity contribution is 7.93. The number of nitrogens with one attached hydrogen (secondary N) is 1. The van der Waals surface area contributed by atoms with E-state index in [2.05, 4.69) is 10.5 Å². The topological polar surface area (TPSA) is 102 Å². The molecule has 0 radical (unpaired) electrons. The Morgan fingerprint density at radius 2 is 1.85 bits per heavy atom. The van der Waals surface area contributed by atoms with Crippen LogP contribution in [0.2, 0.25) is 0 Å². The Bertz CT molecular complexity index is 1320. The van der Waals surface area contributed by atoms with E-state index < -0.39 is 27.7 Å². The zero-order chi connectivity index (χ0) is 24.7. The molecule has 0 saturated heterocycles. The molecule has 0 fully saturated rings. The van der Waals surface area contributed by atoms with E-state index in [1.165, 1.54) is 24.4 Å². The first-order chi connectivity index (χ1) is 16.0. The third-order valence-electron chi connectivity index (χ3n) is 5.17. The minimum Gasteiger partial charge on any atom is -0.490 e. The van der Waals surface area contributed by atoms with Crippen molar-refractivity contribution < 1.29 is 35.6 Å². The zero-order valence-electron chi connectivity index (χ0n) is 18.1. The summed E-state index contributed by atoms with van der Waals surface area (Å²) in [6.45, 7) is 3.54. The molecule has 1 amide bonds. The van der Waals surface area contributed by atoms with Crippen LogP contribution in [0.3, 0.4) is 0 Å². The van der Waals surface area contributed by atoms with Crippen LogP contribution >= 0.6 is 0 Å². The van der Waals surface area contributed by atoms with E-state index in [4.69, 9.17) is 9.26 Å². The van der Waals surface area contributed by atoms with Gasteiger partial charge in [-0.1, -0.05) is 19.0 Å². The van der Waals surface area contributed by atoms with E-state index in [0.29, 0.717) is 5.76 Å². The molecule has 1 aliphatic heterocycles. The summed E-state index contributed by atoms with van der Waals surface area (Å²) in [7, 11) is -4.21. The van der Waals surface area contributed by atoms with Gasteiger partial charge in [0, 0.05) is 11.6 Å². The number of carbonyl (C=O) groups is 1. The fraction of sp³-hybridized carbons (Fsp3) is 0.273. The van der Waals surface area contributed by atoms with Crippen molar-refractivity contribution in [3.8, 4) is 5.75 Å². The Balaban J connectivity index is 1.66. The van der Waals surface area contributed by atoms with Crippen LogP contribution in [0.25, 0.3) is 0 Å². The van der Waals surface area contributed by atoms with Gasteiger partial charge in [0.15, 0.2) is 5.76 Å². The number of hydrogen-bond donors (Lipinski definition) is 1. The molecule has 0 aliphatic carbocycles. The number of carbonyl (C=O) groups excluding carboxylic acids is 1. The number of halogens is 3. The Morgan fingerprint density at radius 1 is 1.15 bits per heavy atom. The van der Waals surface area contributed by atoms with Gasteiger partial charge < -0.3 is 14.6 Å². The van der Waals surface area contributed by atoms with Crippen LogP contribution in [0.4, 0.5) is 24.5 Å². The summed E-state index contributed by atoms with van der Waals surface area (Å²) in [6, 6.07) is 7.97. The summed E-state index contributed by atoms with van der Waals surface area (Å²) < 4.78 is 77.1. The molecule has 1 aliphatic rings. The number of ether oxygens (including phenoxy) is 1. The van der Waals surface area contributed by atoms with Crippen molar-refractivity contribution in [1.29, 1.82) is 0 Å². The number of alkyl halides is 3. The lowest BCUT2D eigenvalue weighted by Gasteiger charge is -2.22. The van der Waals surface area contributed by atoms with E-state index in [1.807, 2.05) is 13.8 Å². The van der Waals surface area contributed by atoms with Gasteiger partial charge in [-0.2, -0.15) is 13.2 Å². The van der Waals surface area contributed by atoms with Crippen LogP contribution in [-0.2, 0) is 16.2 Å². The van der Waals surface area contributed by atoms with Crippen LogP contribution in [0.15, 0.2) is 58.1 Å². The van der Waals surface area contributed by atoms with Crippen molar-refractivity contribution in [3.63, 3.8) is 0 Å². The lowest BCUT2D eigenvalue weighted by molar-refractivity contribution is -0.137. The second kappa shape index (κ2) is 8.67. The first-order valence-corrected chi connectivity index (χ1v) is 11.7. The molecule has 34 heavy (non-hydrogen) atoms. The first kappa shape index (κ1) is 23.6. The molecule has 0 spiro atoms. The molecule has 0 unspecified atom stereocenters. The van der Waals surface area contributed by atoms with E-state index in [9.17, 15) is 26.4 Å². The Hall–Kier alpha value is -3.54. The second-order valence-electron chi connectivity index (χ2n) is 7.84. The van der Waals surface area contributed by atoms with Crippen molar-refractivity contribution in [2.24, 2.45) is 0 Å². The SMILES string of the molecule is CC(C)c1oncc1C(=O)Nc1ccc2c(c1)S(=O)(=O)N(c1ccc(C(F)(F)F)cc1)CCO2. The van der Waals surface area contributed by atoms with Crippen molar-refractivity contribution in [3.05, 3.63) is 65.5 Å². The summed E-state index contributed by atoms with van der Waals surface area (Å²) in [4.78, 5) is 12.5. The molecule has 2 heterocycles. The molecular formula is C22H20F3N3O5S. The Kier molecular flexibility index (Phi) is 6.02. The highest BCUT2D eigenvalue weighted by Crippen LogP contribution is 2.36. The summed E-state index contributed by atoms with van der Waals surface area (Å²) in [6.07, 6.45) is -3.26.